The Morgan fingerprint density at radius 2 is 1.94 bits per heavy atom. The molecule has 11 atom stereocenters. The summed E-state index contributed by atoms with van der Waals surface area (Å²) in [6.45, 7) is 5.58. The maximum absolute atomic E-state index is 11.7. The zero-order chi connectivity index (χ0) is 21.2. The molecule has 7 aliphatic rings. The lowest BCUT2D eigenvalue weighted by atomic mass is 9.43. The van der Waals surface area contributed by atoms with Gasteiger partial charge >= 0.3 is 5.97 Å². The molecule has 6 heteroatoms. The Kier molecular flexibility index (Phi) is 3.54. The fourth-order valence-electron chi connectivity index (χ4n) is 9.63. The summed E-state index contributed by atoms with van der Waals surface area (Å²) >= 11 is 0. The second kappa shape index (κ2) is 5.74. The number of epoxide rings is 2. The van der Waals surface area contributed by atoms with Gasteiger partial charge < -0.3 is 18.9 Å². The minimum atomic E-state index is -0.426. The fraction of sp³-hybridized carbons (Fsp3) is 0.840. The summed E-state index contributed by atoms with van der Waals surface area (Å²) in [5.41, 5.74) is -0.0912. The van der Waals surface area contributed by atoms with Gasteiger partial charge in [-0.3, -0.25) is 4.79 Å². The van der Waals surface area contributed by atoms with Crippen molar-refractivity contribution in [1.29, 1.82) is 0 Å². The quantitative estimate of drug-likeness (QED) is 0.389. The molecule has 0 N–H and O–H groups in total. The molecule has 0 amide bonds. The average Bonchev–Trinajstić information content (AvgIpc) is 3.63. The molecule has 3 aliphatic heterocycles. The van der Waals surface area contributed by atoms with Crippen molar-refractivity contribution in [2.45, 2.75) is 94.9 Å². The fourth-order valence-corrected chi connectivity index (χ4v) is 9.63. The Morgan fingerprint density at radius 1 is 1.06 bits per heavy atom. The SMILES string of the molecule is C[C@]12CC[C@H](OC=O)C[C@H]1CC[C@@H]1[C@@H]2CC[C@]2(C)[C@@H]([C@]34C=CC(=O)O[C@H]3O4)C[C@H]3O[C@]132. The maximum Gasteiger partial charge on any atom is 0.332 e. The van der Waals surface area contributed by atoms with E-state index in [1.54, 1.807) is 6.08 Å². The Labute approximate surface area is 183 Å². The molecule has 168 valence electrons. The summed E-state index contributed by atoms with van der Waals surface area (Å²) in [5, 5.41) is 0. The topological polar surface area (TPSA) is 77.7 Å². The predicted octanol–water partition coefficient (Wildman–Crippen LogP) is 3.53. The highest BCUT2D eigenvalue weighted by Gasteiger charge is 2.85. The largest absolute Gasteiger partial charge is 0.465 e. The van der Waals surface area contributed by atoms with Crippen LogP contribution in [-0.4, -0.2) is 42.1 Å². The van der Waals surface area contributed by atoms with Gasteiger partial charge in [0, 0.05) is 17.4 Å². The molecule has 4 aliphatic carbocycles. The van der Waals surface area contributed by atoms with E-state index in [1.165, 1.54) is 19.3 Å². The Bertz CT molecular complexity index is 885. The van der Waals surface area contributed by atoms with Crippen molar-refractivity contribution >= 4 is 12.4 Å². The van der Waals surface area contributed by atoms with E-state index in [2.05, 4.69) is 13.8 Å². The monoisotopic (exact) mass is 428 g/mol. The third-order valence-corrected chi connectivity index (χ3v) is 11.2. The van der Waals surface area contributed by atoms with Crippen molar-refractivity contribution < 1.29 is 28.5 Å². The molecule has 6 nitrogen and oxygen atoms in total. The number of hydrogen-bond donors (Lipinski definition) is 0. The highest BCUT2D eigenvalue weighted by Crippen LogP contribution is 2.79. The van der Waals surface area contributed by atoms with Crippen LogP contribution in [0.2, 0.25) is 0 Å². The summed E-state index contributed by atoms with van der Waals surface area (Å²) < 4.78 is 23.5. The van der Waals surface area contributed by atoms with Gasteiger partial charge in [-0.05, 0) is 80.6 Å². The first-order valence-corrected chi connectivity index (χ1v) is 12.2. The van der Waals surface area contributed by atoms with Gasteiger partial charge in [-0.1, -0.05) is 13.8 Å². The minimum absolute atomic E-state index is 0.0365. The van der Waals surface area contributed by atoms with E-state index in [4.69, 9.17) is 18.9 Å². The molecule has 3 heterocycles. The molecule has 31 heavy (non-hydrogen) atoms. The van der Waals surface area contributed by atoms with Gasteiger partial charge in [0.1, 0.15) is 11.7 Å². The highest BCUT2D eigenvalue weighted by molar-refractivity contribution is 5.84. The normalized spacial score (nSPS) is 60.5. The lowest BCUT2D eigenvalue weighted by Crippen LogP contribution is -2.59. The van der Waals surface area contributed by atoms with Gasteiger partial charge in [-0.25, -0.2) is 4.79 Å². The number of carbonyl (C=O) groups excluding carboxylic acids is 2. The molecule has 0 bridgehead atoms. The third-order valence-electron chi connectivity index (χ3n) is 11.2. The van der Waals surface area contributed by atoms with Crippen LogP contribution < -0.4 is 0 Å². The molecular formula is C25H32O6. The van der Waals surface area contributed by atoms with Crippen LogP contribution in [-0.2, 0) is 28.5 Å². The van der Waals surface area contributed by atoms with Crippen LogP contribution in [0.3, 0.4) is 0 Å². The first kappa shape index (κ1) is 19.1. The van der Waals surface area contributed by atoms with E-state index in [1.807, 2.05) is 6.08 Å². The molecule has 1 spiro atoms. The summed E-state index contributed by atoms with van der Waals surface area (Å²) in [6.07, 6.45) is 12.5. The lowest BCUT2D eigenvalue weighted by molar-refractivity contribution is -0.160. The van der Waals surface area contributed by atoms with E-state index >= 15 is 0 Å². The van der Waals surface area contributed by atoms with Gasteiger partial charge in [0.25, 0.3) is 6.47 Å². The first-order valence-electron chi connectivity index (χ1n) is 12.2. The average molecular weight is 429 g/mol. The molecule has 0 unspecified atom stereocenters. The van der Waals surface area contributed by atoms with Crippen LogP contribution in [0.4, 0.5) is 0 Å². The first-order chi connectivity index (χ1) is 14.9. The van der Waals surface area contributed by atoms with Gasteiger partial charge in [0.2, 0.25) is 6.29 Å². The number of rotatable bonds is 3. The van der Waals surface area contributed by atoms with E-state index in [0.717, 1.165) is 32.1 Å². The van der Waals surface area contributed by atoms with Crippen LogP contribution in [0.25, 0.3) is 0 Å². The Morgan fingerprint density at radius 3 is 2.74 bits per heavy atom. The van der Waals surface area contributed by atoms with Crippen LogP contribution in [0.15, 0.2) is 12.2 Å². The zero-order valence-electron chi connectivity index (χ0n) is 18.4. The van der Waals surface area contributed by atoms with Crippen molar-refractivity contribution in [1.82, 2.24) is 0 Å². The molecule has 6 fully saturated rings. The molecule has 0 aromatic heterocycles. The minimum Gasteiger partial charge on any atom is -0.465 e. The number of ether oxygens (including phenoxy) is 4. The van der Waals surface area contributed by atoms with Crippen molar-refractivity contribution in [3.05, 3.63) is 12.2 Å². The van der Waals surface area contributed by atoms with Crippen LogP contribution in [0.5, 0.6) is 0 Å². The molecular weight excluding hydrogens is 396 g/mol. The van der Waals surface area contributed by atoms with Crippen molar-refractivity contribution in [3.8, 4) is 0 Å². The number of carbonyl (C=O) groups is 2. The van der Waals surface area contributed by atoms with Gasteiger partial charge in [-0.2, -0.15) is 0 Å². The van der Waals surface area contributed by atoms with Crippen molar-refractivity contribution in [2.24, 2.45) is 34.5 Å². The number of fused-ring (bicyclic) bond motifs is 4. The van der Waals surface area contributed by atoms with Crippen molar-refractivity contribution in [3.63, 3.8) is 0 Å². The molecule has 4 saturated carbocycles. The van der Waals surface area contributed by atoms with Crippen molar-refractivity contribution in [2.75, 3.05) is 0 Å². The predicted molar refractivity (Wildman–Crippen MR) is 108 cm³/mol. The van der Waals surface area contributed by atoms with Gasteiger partial charge in [-0.15, -0.1) is 0 Å². The van der Waals surface area contributed by atoms with Crippen LogP contribution in [0.1, 0.15) is 65.2 Å². The molecule has 0 aromatic rings. The zero-order valence-corrected chi connectivity index (χ0v) is 18.4. The molecule has 2 saturated heterocycles. The second-order valence-corrected chi connectivity index (χ2v) is 11.8. The smallest absolute Gasteiger partial charge is 0.332 e. The molecule has 7 rings (SSSR count). The van der Waals surface area contributed by atoms with E-state index in [-0.39, 0.29) is 23.1 Å². The second-order valence-electron chi connectivity index (χ2n) is 11.8. The van der Waals surface area contributed by atoms with Crippen LogP contribution in [0, 0.1) is 34.5 Å². The van der Waals surface area contributed by atoms with E-state index in [9.17, 15) is 9.59 Å². The number of esters is 1. The summed E-state index contributed by atoms with van der Waals surface area (Å²) in [7, 11) is 0. The molecule has 0 aromatic carbocycles. The highest BCUT2D eigenvalue weighted by atomic mass is 16.8. The summed E-state index contributed by atoms with van der Waals surface area (Å²) in [5.74, 6) is 1.96. The Balaban J connectivity index is 1.19. The van der Waals surface area contributed by atoms with Gasteiger partial charge in [0.15, 0.2) is 5.60 Å². The van der Waals surface area contributed by atoms with Crippen LogP contribution >= 0.6 is 0 Å². The van der Waals surface area contributed by atoms with Gasteiger partial charge in [0.05, 0.1) is 6.10 Å². The molecule has 0 radical (unpaired) electrons. The summed E-state index contributed by atoms with van der Waals surface area (Å²) in [4.78, 5) is 22.5. The standard InChI is InChI=1S/C25H32O6/c1-22-8-5-15(28-13-26)11-14(22)3-4-17-16(22)6-9-23(2)18(12-19-25(17,23)30-19)24-10-7-20(27)29-21(24)31-24/h7,10,13-19,21H,3-6,8-9,11-12H2,1-2H3/t14-,15+,16+,17-,18+,19-,21+,22+,23-,24-,25-/m1/s1. The Hall–Kier alpha value is -1.40. The maximum atomic E-state index is 11.7. The lowest BCUT2D eigenvalue weighted by Gasteiger charge is -2.61. The van der Waals surface area contributed by atoms with E-state index < -0.39 is 11.9 Å². The third kappa shape index (κ3) is 2.12. The van der Waals surface area contributed by atoms with E-state index in [0.29, 0.717) is 41.7 Å². The number of hydrogen-bond acceptors (Lipinski definition) is 6. The summed E-state index contributed by atoms with van der Waals surface area (Å²) in [6, 6.07) is 0.